The molecule has 3 aromatic carbocycles. The second-order valence-electron chi connectivity index (χ2n) is 7.16. The first-order chi connectivity index (χ1) is 14.9. The van der Waals surface area contributed by atoms with Gasteiger partial charge in [0, 0.05) is 13.2 Å². The molecule has 0 aliphatic carbocycles. The molecular formula is C24H26N2O4S. The highest BCUT2D eigenvalue weighted by atomic mass is 32.2. The van der Waals surface area contributed by atoms with E-state index >= 15 is 0 Å². The first-order valence-electron chi connectivity index (χ1n) is 9.94. The molecule has 0 saturated heterocycles. The maximum Gasteiger partial charge on any atom is 0.264 e. The van der Waals surface area contributed by atoms with Crippen LogP contribution in [-0.2, 0) is 21.3 Å². The van der Waals surface area contributed by atoms with Crippen molar-refractivity contribution in [1.82, 2.24) is 5.32 Å². The second kappa shape index (κ2) is 10.2. The fourth-order valence-corrected chi connectivity index (χ4v) is 4.74. The predicted molar refractivity (Wildman–Crippen MR) is 121 cm³/mol. The van der Waals surface area contributed by atoms with Crippen molar-refractivity contribution in [3.63, 3.8) is 0 Å². The summed E-state index contributed by atoms with van der Waals surface area (Å²) in [6.45, 7) is 2.27. The molecule has 0 radical (unpaired) electrons. The van der Waals surface area contributed by atoms with Crippen LogP contribution < -0.4 is 9.62 Å². The number of nitrogens with one attached hydrogen (secondary N) is 1. The van der Waals surface area contributed by atoms with Gasteiger partial charge in [0.25, 0.3) is 15.9 Å². The van der Waals surface area contributed by atoms with Crippen LogP contribution in [0.15, 0.2) is 89.8 Å². The van der Waals surface area contributed by atoms with E-state index in [1.165, 1.54) is 4.31 Å². The zero-order chi connectivity index (χ0) is 22.3. The molecule has 0 aromatic heterocycles. The molecule has 0 aliphatic rings. The van der Waals surface area contributed by atoms with Crippen LogP contribution in [0.1, 0.15) is 22.8 Å². The average Bonchev–Trinajstić information content (AvgIpc) is 2.79. The van der Waals surface area contributed by atoms with Gasteiger partial charge in [0.15, 0.2) is 0 Å². The number of carbonyl (C=O) groups is 1. The van der Waals surface area contributed by atoms with Crippen LogP contribution in [0, 0.1) is 0 Å². The Morgan fingerprint density at radius 1 is 0.935 bits per heavy atom. The van der Waals surface area contributed by atoms with Crippen molar-refractivity contribution in [2.45, 2.75) is 24.4 Å². The monoisotopic (exact) mass is 438 g/mol. The Morgan fingerprint density at radius 2 is 1.52 bits per heavy atom. The van der Waals surface area contributed by atoms with Gasteiger partial charge in [-0.2, -0.15) is 0 Å². The molecule has 3 aromatic rings. The van der Waals surface area contributed by atoms with Gasteiger partial charge in [-0.15, -0.1) is 0 Å². The highest BCUT2D eigenvalue weighted by Crippen LogP contribution is 2.29. The lowest BCUT2D eigenvalue weighted by molar-refractivity contribution is 0.0906. The topological polar surface area (TPSA) is 75.7 Å². The van der Waals surface area contributed by atoms with Gasteiger partial charge in [-0.05, 0) is 36.8 Å². The number of carbonyl (C=O) groups excluding carboxylic acids is 1. The number of methoxy groups -OCH3 is 1. The lowest BCUT2D eigenvalue weighted by atomic mass is 10.1. The normalized spacial score (nSPS) is 12.2. The van der Waals surface area contributed by atoms with E-state index in [1.54, 1.807) is 61.7 Å². The van der Waals surface area contributed by atoms with Crippen LogP contribution in [0.4, 0.5) is 5.69 Å². The van der Waals surface area contributed by atoms with Gasteiger partial charge >= 0.3 is 0 Å². The van der Waals surface area contributed by atoms with Gasteiger partial charge in [-0.3, -0.25) is 9.10 Å². The summed E-state index contributed by atoms with van der Waals surface area (Å²) in [5.41, 5.74) is 1.41. The van der Waals surface area contributed by atoms with Gasteiger partial charge in [0.2, 0.25) is 0 Å². The number of sulfonamides is 1. The maximum atomic E-state index is 13.6. The number of ether oxygens (including phenoxy) is 1. The van der Waals surface area contributed by atoms with Crippen molar-refractivity contribution in [2.24, 2.45) is 0 Å². The van der Waals surface area contributed by atoms with Crippen LogP contribution in [0.5, 0.6) is 0 Å². The zero-order valence-electron chi connectivity index (χ0n) is 17.6. The molecular weight excluding hydrogens is 412 g/mol. The summed E-state index contributed by atoms with van der Waals surface area (Å²) in [5, 5.41) is 2.86. The minimum atomic E-state index is -3.92. The molecule has 0 heterocycles. The lowest BCUT2D eigenvalue weighted by Gasteiger charge is -2.27. The summed E-state index contributed by atoms with van der Waals surface area (Å²) < 4.78 is 33.6. The molecule has 1 atom stereocenters. The Balaban J connectivity index is 2.07. The van der Waals surface area contributed by atoms with E-state index in [-0.39, 0.29) is 29.0 Å². The quantitative estimate of drug-likeness (QED) is 0.551. The Bertz CT molecular complexity index is 1100. The molecule has 6 nitrogen and oxygen atoms in total. The van der Waals surface area contributed by atoms with Crippen LogP contribution in [0.25, 0.3) is 0 Å². The number of hydrogen-bond acceptors (Lipinski definition) is 4. The van der Waals surface area contributed by atoms with Gasteiger partial charge in [-0.25, -0.2) is 8.42 Å². The molecule has 162 valence electrons. The van der Waals surface area contributed by atoms with E-state index in [0.717, 1.165) is 5.56 Å². The van der Waals surface area contributed by atoms with E-state index in [9.17, 15) is 13.2 Å². The third kappa shape index (κ3) is 5.51. The molecule has 0 saturated carbocycles. The van der Waals surface area contributed by atoms with E-state index in [2.05, 4.69) is 5.32 Å². The summed E-state index contributed by atoms with van der Waals surface area (Å²) in [7, 11) is -2.36. The van der Waals surface area contributed by atoms with Crippen molar-refractivity contribution in [1.29, 1.82) is 0 Å². The molecule has 1 amide bonds. The van der Waals surface area contributed by atoms with Crippen molar-refractivity contribution < 1.29 is 17.9 Å². The fraction of sp³-hybridized carbons (Fsp3) is 0.208. The number of para-hydroxylation sites is 1. The van der Waals surface area contributed by atoms with Gasteiger partial charge in [0.1, 0.15) is 0 Å². The number of anilines is 1. The Morgan fingerprint density at radius 3 is 2.16 bits per heavy atom. The summed E-state index contributed by atoms with van der Waals surface area (Å²) in [5.74, 6) is -0.360. The molecule has 0 unspecified atom stereocenters. The summed E-state index contributed by atoms with van der Waals surface area (Å²) in [6, 6.07) is 24.0. The number of amides is 1. The van der Waals surface area contributed by atoms with Crippen LogP contribution in [0.2, 0.25) is 0 Å². The number of benzene rings is 3. The molecule has 0 aliphatic heterocycles. The summed E-state index contributed by atoms with van der Waals surface area (Å²) in [6.07, 6.45) is 0. The van der Waals surface area contributed by atoms with Crippen molar-refractivity contribution in [2.75, 3.05) is 18.0 Å². The molecule has 31 heavy (non-hydrogen) atoms. The van der Waals surface area contributed by atoms with Crippen LogP contribution >= 0.6 is 0 Å². The minimum absolute atomic E-state index is 0.0932. The first-order valence-corrected chi connectivity index (χ1v) is 11.4. The van der Waals surface area contributed by atoms with E-state index in [1.807, 2.05) is 37.3 Å². The molecule has 0 bridgehead atoms. The van der Waals surface area contributed by atoms with Crippen LogP contribution in [-0.4, -0.2) is 34.1 Å². The Labute approximate surface area is 183 Å². The predicted octanol–water partition coefficient (Wildman–Crippen LogP) is 3.85. The van der Waals surface area contributed by atoms with Crippen molar-refractivity contribution in [3.05, 3.63) is 96.1 Å². The molecule has 0 fully saturated rings. The number of nitrogens with zero attached hydrogens (tertiary/aromatic N) is 1. The first kappa shape index (κ1) is 22.5. The van der Waals surface area contributed by atoms with E-state index < -0.39 is 10.0 Å². The smallest absolute Gasteiger partial charge is 0.264 e. The average molecular weight is 439 g/mol. The molecule has 3 rings (SSSR count). The highest BCUT2D eigenvalue weighted by molar-refractivity contribution is 7.92. The van der Waals surface area contributed by atoms with E-state index in [4.69, 9.17) is 4.74 Å². The summed E-state index contributed by atoms with van der Waals surface area (Å²) in [4.78, 5) is 13.1. The Kier molecular flexibility index (Phi) is 7.44. The largest absolute Gasteiger partial charge is 0.383 e. The third-order valence-electron chi connectivity index (χ3n) is 4.71. The molecule has 0 spiro atoms. The van der Waals surface area contributed by atoms with Crippen LogP contribution in [0.3, 0.4) is 0 Å². The standard InChI is InChI=1S/C24H26N2O4S/c1-19(18-30-2)25-24(27)22-15-9-10-16-23(22)26(17-20-11-5-3-6-12-20)31(28,29)21-13-7-4-8-14-21/h3-16,19H,17-18H2,1-2H3,(H,25,27)/t19-/m0/s1. The fourth-order valence-electron chi connectivity index (χ4n) is 3.24. The lowest BCUT2D eigenvalue weighted by Crippen LogP contribution is -2.38. The second-order valence-corrected chi connectivity index (χ2v) is 9.02. The van der Waals surface area contributed by atoms with Crippen molar-refractivity contribution in [3.8, 4) is 0 Å². The SMILES string of the molecule is COC[C@H](C)NC(=O)c1ccccc1N(Cc1ccccc1)S(=O)(=O)c1ccccc1. The van der Waals surface area contributed by atoms with E-state index in [0.29, 0.717) is 12.3 Å². The third-order valence-corrected chi connectivity index (χ3v) is 6.49. The number of rotatable bonds is 9. The van der Waals surface area contributed by atoms with Gasteiger partial charge < -0.3 is 10.1 Å². The van der Waals surface area contributed by atoms with Gasteiger partial charge in [-0.1, -0.05) is 60.7 Å². The van der Waals surface area contributed by atoms with Gasteiger partial charge in [0.05, 0.1) is 29.3 Å². The van der Waals surface area contributed by atoms with Crippen molar-refractivity contribution >= 4 is 21.6 Å². The Hall–Kier alpha value is -3.16. The molecule has 1 N–H and O–H groups in total. The highest BCUT2D eigenvalue weighted by Gasteiger charge is 2.28. The number of hydrogen-bond donors (Lipinski definition) is 1. The maximum absolute atomic E-state index is 13.6. The summed E-state index contributed by atoms with van der Waals surface area (Å²) >= 11 is 0. The minimum Gasteiger partial charge on any atom is -0.383 e. The molecule has 7 heteroatoms. The zero-order valence-corrected chi connectivity index (χ0v) is 18.4.